The number of halogens is 1. The number of ether oxygens (including phenoxy) is 2. The van der Waals surface area contributed by atoms with Crippen LogP contribution in [0.2, 0.25) is 0 Å². The summed E-state index contributed by atoms with van der Waals surface area (Å²) in [6.45, 7) is 8.61. The maximum atomic E-state index is 11.3. The molecular formula is C10H15IO4. The van der Waals surface area contributed by atoms with Gasteiger partial charge in [0.2, 0.25) is 0 Å². The SMILES string of the molecule is C=C(C)C(=O)OCCOC(=O)C(C)(C)I. The Hall–Kier alpha value is -0.590. The molecule has 0 bridgehead atoms. The number of carbonyl (C=O) groups excluding carboxylic acids is 2. The van der Waals surface area contributed by atoms with Crippen molar-refractivity contribution >= 4 is 34.5 Å². The van der Waals surface area contributed by atoms with E-state index in [9.17, 15) is 9.59 Å². The lowest BCUT2D eigenvalue weighted by Gasteiger charge is -2.14. The second kappa shape index (κ2) is 6.09. The van der Waals surface area contributed by atoms with Gasteiger partial charge in [0.15, 0.2) is 0 Å². The van der Waals surface area contributed by atoms with Crippen molar-refractivity contribution in [1.82, 2.24) is 0 Å². The Bertz CT molecular complexity index is 265. The van der Waals surface area contributed by atoms with Gasteiger partial charge in [-0.25, -0.2) is 4.79 Å². The molecule has 0 N–H and O–H groups in total. The smallest absolute Gasteiger partial charge is 0.333 e. The summed E-state index contributed by atoms with van der Waals surface area (Å²) in [4.78, 5) is 22.2. The van der Waals surface area contributed by atoms with Crippen molar-refractivity contribution in [2.75, 3.05) is 13.2 Å². The van der Waals surface area contributed by atoms with Crippen LogP contribution in [0.1, 0.15) is 20.8 Å². The summed E-state index contributed by atoms with van der Waals surface area (Å²) < 4.78 is 9.07. The molecule has 0 spiro atoms. The van der Waals surface area contributed by atoms with Crippen molar-refractivity contribution in [3.63, 3.8) is 0 Å². The van der Waals surface area contributed by atoms with Crippen LogP contribution >= 0.6 is 22.6 Å². The molecule has 0 fully saturated rings. The highest BCUT2D eigenvalue weighted by Crippen LogP contribution is 2.17. The first kappa shape index (κ1) is 14.4. The van der Waals surface area contributed by atoms with Gasteiger partial charge in [-0.3, -0.25) is 4.79 Å². The number of carbonyl (C=O) groups is 2. The minimum absolute atomic E-state index is 0.0597. The number of rotatable bonds is 5. The van der Waals surface area contributed by atoms with Gasteiger partial charge in [0.1, 0.15) is 16.6 Å². The van der Waals surface area contributed by atoms with Crippen LogP contribution < -0.4 is 0 Å². The van der Waals surface area contributed by atoms with Crippen LogP contribution in [-0.4, -0.2) is 28.6 Å². The highest BCUT2D eigenvalue weighted by molar-refractivity contribution is 14.1. The third kappa shape index (κ3) is 6.48. The lowest BCUT2D eigenvalue weighted by atomic mass is 10.2. The summed E-state index contributed by atoms with van der Waals surface area (Å²) in [5.74, 6) is -0.797. The van der Waals surface area contributed by atoms with E-state index in [1.165, 1.54) is 0 Å². The Morgan fingerprint density at radius 1 is 1.27 bits per heavy atom. The van der Waals surface area contributed by atoms with Crippen LogP contribution in [0.4, 0.5) is 0 Å². The predicted molar refractivity (Wildman–Crippen MR) is 64.8 cm³/mol. The van der Waals surface area contributed by atoms with Gasteiger partial charge in [-0.15, -0.1) is 0 Å². The van der Waals surface area contributed by atoms with Gasteiger partial charge in [0.25, 0.3) is 0 Å². The quantitative estimate of drug-likeness (QED) is 0.254. The average Bonchev–Trinajstić information content (AvgIpc) is 2.09. The Balaban J connectivity index is 3.69. The van der Waals surface area contributed by atoms with Crippen molar-refractivity contribution in [3.8, 4) is 0 Å². The van der Waals surface area contributed by atoms with Gasteiger partial charge in [-0.1, -0.05) is 29.2 Å². The molecule has 0 heterocycles. The zero-order valence-electron chi connectivity index (χ0n) is 9.13. The Labute approximate surface area is 103 Å². The largest absolute Gasteiger partial charge is 0.461 e. The molecule has 4 nitrogen and oxygen atoms in total. The molecule has 15 heavy (non-hydrogen) atoms. The van der Waals surface area contributed by atoms with E-state index in [0.717, 1.165) is 0 Å². The molecular weight excluding hydrogens is 311 g/mol. The zero-order chi connectivity index (χ0) is 12.1. The highest BCUT2D eigenvalue weighted by atomic mass is 127. The molecule has 86 valence electrons. The van der Waals surface area contributed by atoms with Crippen molar-refractivity contribution in [3.05, 3.63) is 12.2 Å². The summed E-state index contributed by atoms with van der Waals surface area (Å²) in [5, 5.41) is 0. The average molecular weight is 326 g/mol. The topological polar surface area (TPSA) is 52.6 Å². The standard InChI is InChI=1S/C10H15IO4/c1-7(2)8(12)14-5-6-15-9(13)10(3,4)11/h1,5-6H2,2-4H3. The third-order valence-corrected chi connectivity index (χ3v) is 1.82. The molecule has 0 unspecified atom stereocenters. The predicted octanol–water partition coefficient (Wildman–Crippen LogP) is 1.86. The van der Waals surface area contributed by atoms with Crippen molar-refractivity contribution < 1.29 is 19.1 Å². The Morgan fingerprint density at radius 3 is 2.13 bits per heavy atom. The van der Waals surface area contributed by atoms with Gasteiger partial charge < -0.3 is 9.47 Å². The fourth-order valence-electron chi connectivity index (χ4n) is 0.564. The number of hydrogen-bond donors (Lipinski definition) is 0. The number of alkyl halides is 1. The minimum atomic E-state index is -0.559. The lowest BCUT2D eigenvalue weighted by molar-refractivity contribution is -0.151. The second-order valence-electron chi connectivity index (χ2n) is 3.52. The van der Waals surface area contributed by atoms with Gasteiger partial charge in [-0.05, 0) is 20.8 Å². The molecule has 0 saturated carbocycles. The monoisotopic (exact) mass is 326 g/mol. The summed E-state index contributed by atoms with van der Waals surface area (Å²) in [6.07, 6.45) is 0. The van der Waals surface area contributed by atoms with Gasteiger partial charge >= 0.3 is 11.9 Å². The first-order valence-electron chi connectivity index (χ1n) is 4.44. The maximum absolute atomic E-state index is 11.3. The van der Waals surface area contributed by atoms with Crippen LogP contribution in [0.25, 0.3) is 0 Å². The molecule has 0 aromatic heterocycles. The first-order chi connectivity index (χ1) is 6.75. The number of hydrogen-bond acceptors (Lipinski definition) is 4. The molecule has 0 amide bonds. The maximum Gasteiger partial charge on any atom is 0.333 e. The first-order valence-corrected chi connectivity index (χ1v) is 5.52. The van der Waals surface area contributed by atoms with E-state index in [2.05, 4.69) is 6.58 Å². The molecule has 0 saturated heterocycles. The van der Waals surface area contributed by atoms with Gasteiger partial charge in [0, 0.05) is 5.57 Å². The molecule has 0 aromatic rings. The molecule has 0 atom stereocenters. The van der Waals surface area contributed by atoms with Gasteiger partial charge in [0.05, 0.1) is 0 Å². The highest BCUT2D eigenvalue weighted by Gasteiger charge is 2.25. The van der Waals surface area contributed by atoms with Crippen molar-refractivity contribution in [2.24, 2.45) is 0 Å². The van der Waals surface area contributed by atoms with E-state index >= 15 is 0 Å². The van der Waals surface area contributed by atoms with E-state index in [1.807, 2.05) is 22.6 Å². The van der Waals surface area contributed by atoms with Crippen LogP contribution in [-0.2, 0) is 19.1 Å². The minimum Gasteiger partial charge on any atom is -0.461 e. The summed E-state index contributed by atoms with van der Waals surface area (Å²) in [5.41, 5.74) is 0.329. The fourth-order valence-corrected chi connectivity index (χ4v) is 0.719. The van der Waals surface area contributed by atoms with Crippen molar-refractivity contribution in [1.29, 1.82) is 0 Å². The van der Waals surface area contributed by atoms with E-state index in [0.29, 0.717) is 5.57 Å². The Morgan fingerprint density at radius 2 is 1.73 bits per heavy atom. The normalized spacial score (nSPS) is 10.7. The van der Waals surface area contributed by atoms with Crippen LogP contribution in [0.3, 0.4) is 0 Å². The van der Waals surface area contributed by atoms with Crippen LogP contribution in [0, 0.1) is 0 Å². The van der Waals surface area contributed by atoms with E-state index in [-0.39, 0.29) is 19.2 Å². The summed E-state index contributed by atoms with van der Waals surface area (Å²) in [7, 11) is 0. The summed E-state index contributed by atoms with van der Waals surface area (Å²) >= 11 is 1.98. The van der Waals surface area contributed by atoms with Crippen LogP contribution in [0.5, 0.6) is 0 Å². The van der Waals surface area contributed by atoms with E-state index < -0.39 is 9.39 Å². The molecule has 0 rings (SSSR count). The Kier molecular flexibility index (Phi) is 5.85. The summed E-state index contributed by atoms with van der Waals surface area (Å²) in [6, 6.07) is 0. The fraction of sp³-hybridized carbons (Fsp3) is 0.600. The van der Waals surface area contributed by atoms with Crippen molar-refractivity contribution in [2.45, 2.75) is 24.2 Å². The van der Waals surface area contributed by atoms with Crippen LogP contribution in [0.15, 0.2) is 12.2 Å². The van der Waals surface area contributed by atoms with Gasteiger partial charge in [-0.2, -0.15) is 0 Å². The second-order valence-corrected chi connectivity index (χ2v) is 6.22. The number of esters is 2. The molecule has 0 radical (unpaired) electrons. The van der Waals surface area contributed by atoms with E-state index in [1.54, 1.807) is 20.8 Å². The molecule has 0 aliphatic heterocycles. The lowest BCUT2D eigenvalue weighted by Crippen LogP contribution is -2.28. The molecule has 0 aromatic carbocycles. The van der Waals surface area contributed by atoms with E-state index in [4.69, 9.17) is 9.47 Å². The molecule has 0 aliphatic rings. The molecule has 5 heteroatoms. The molecule has 0 aliphatic carbocycles. The zero-order valence-corrected chi connectivity index (χ0v) is 11.3. The third-order valence-electron chi connectivity index (χ3n) is 1.38.